The summed E-state index contributed by atoms with van der Waals surface area (Å²) in [5, 5.41) is 2.96. The first-order valence-electron chi connectivity index (χ1n) is 9.17. The zero-order valence-corrected chi connectivity index (χ0v) is 15.3. The highest BCUT2D eigenvalue weighted by Gasteiger charge is 2.27. The molecule has 1 aromatic carbocycles. The molecule has 2 aliphatic heterocycles. The van der Waals surface area contributed by atoms with Gasteiger partial charge in [0.25, 0.3) is 0 Å². The van der Waals surface area contributed by atoms with Gasteiger partial charge in [-0.15, -0.1) is 0 Å². The number of benzene rings is 1. The fraction of sp³-hybridized carbons (Fsp3) is 0.400. The second-order valence-electron chi connectivity index (χ2n) is 7.04. The van der Waals surface area contributed by atoms with Crippen LogP contribution in [0, 0.1) is 5.92 Å². The number of ether oxygens (including phenoxy) is 2. The number of hydrogen-bond donors (Lipinski definition) is 1. The molecule has 0 aliphatic carbocycles. The number of aromatic nitrogens is 1. The standard InChI is InChI=1S/C20H23N3O4/c1-22-8-2-3-16(22)17(24)12-23-9-6-14(7-10-23)20(25)21-15-4-5-18-19(11-15)27-13-26-18/h2-5,8,11,14H,6-7,9-10,12-13H2,1H3,(H,21,25). The molecule has 1 saturated heterocycles. The molecule has 0 saturated carbocycles. The number of ketones is 1. The van der Waals surface area contributed by atoms with Crippen LogP contribution in [0.2, 0.25) is 0 Å². The summed E-state index contributed by atoms with van der Waals surface area (Å²) in [5.74, 6) is 1.44. The van der Waals surface area contributed by atoms with Crippen molar-refractivity contribution >= 4 is 17.4 Å². The fourth-order valence-electron chi connectivity index (χ4n) is 3.61. The largest absolute Gasteiger partial charge is 0.454 e. The van der Waals surface area contributed by atoms with Gasteiger partial charge in [0.15, 0.2) is 17.3 Å². The van der Waals surface area contributed by atoms with E-state index in [-0.39, 0.29) is 24.4 Å². The van der Waals surface area contributed by atoms with Crippen LogP contribution >= 0.6 is 0 Å². The summed E-state index contributed by atoms with van der Waals surface area (Å²) in [6.07, 6.45) is 3.37. The summed E-state index contributed by atoms with van der Waals surface area (Å²) in [5.41, 5.74) is 1.43. The second-order valence-corrected chi connectivity index (χ2v) is 7.04. The number of piperidine rings is 1. The maximum atomic E-state index is 12.6. The molecule has 0 radical (unpaired) electrons. The number of rotatable bonds is 5. The number of Topliss-reactive ketones (excluding diaryl/α,β-unsaturated/α-hetero) is 1. The second kappa shape index (κ2) is 7.44. The van der Waals surface area contributed by atoms with Crippen LogP contribution in [-0.2, 0) is 11.8 Å². The number of anilines is 1. The first-order valence-corrected chi connectivity index (χ1v) is 9.17. The zero-order chi connectivity index (χ0) is 18.8. The van der Waals surface area contributed by atoms with Gasteiger partial charge in [-0.3, -0.25) is 14.5 Å². The molecule has 3 heterocycles. The van der Waals surface area contributed by atoms with Crippen molar-refractivity contribution in [2.45, 2.75) is 12.8 Å². The Labute approximate surface area is 157 Å². The van der Waals surface area contributed by atoms with E-state index in [1.807, 2.05) is 36.0 Å². The van der Waals surface area contributed by atoms with E-state index in [1.54, 1.807) is 12.1 Å². The average molecular weight is 369 g/mol. The Bertz CT molecular complexity index is 853. The highest BCUT2D eigenvalue weighted by atomic mass is 16.7. The lowest BCUT2D eigenvalue weighted by Crippen LogP contribution is -2.40. The van der Waals surface area contributed by atoms with Gasteiger partial charge in [-0.1, -0.05) is 0 Å². The minimum Gasteiger partial charge on any atom is -0.454 e. The van der Waals surface area contributed by atoms with Crippen molar-refractivity contribution in [3.63, 3.8) is 0 Å². The van der Waals surface area contributed by atoms with E-state index in [0.29, 0.717) is 23.7 Å². The van der Waals surface area contributed by atoms with Crippen LogP contribution in [0.1, 0.15) is 23.3 Å². The van der Waals surface area contributed by atoms with Gasteiger partial charge in [-0.05, 0) is 50.2 Å². The van der Waals surface area contributed by atoms with Crippen molar-refractivity contribution < 1.29 is 19.1 Å². The number of nitrogens with zero attached hydrogens (tertiary/aromatic N) is 2. The minimum atomic E-state index is -0.0446. The number of fused-ring (bicyclic) bond motifs is 1. The normalized spacial score (nSPS) is 17.1. The topological polar surface area (TPSA) is 72.8 Å². The maximum absolute atomic E-state index is 12.6. The number of hydrogen-bond acceptors (Lipinski definition) is 5. The summed E-state index contributed by atoms with van der Waals surface area (Å²) in [6, 6.07) is 9.12. The molecule has 2 aromatic rings. The summed E-state index contributed by atoms with van der Waals surface area (Å²) < 4.78 is 12.5. The Hall–Kier alpha value is -2.80. The Morgan fingerprint density at radius 1 is 1.15 bits per heavy atom. The number of likely N-dealkylation sites (tertiary alicyclic amines) is 1. The maximum Gasteiger partial charge on any atom is 0.231 e. The van der Waals surface area contributed by atoms with E-state index in [2.05, 4.69) is 10.2 Å². The highest BCUT2D eigenvalue weighted by Crippen LogP contribution is 2.34. The van der Waals surface area contributed by atoms with E-state index in [4.69, 9.17) is 9.47 Å². The van der Waals surface area contributed by atoms with Crippen LogP contribution in [0.15, 0.2) is 36.5 Å². The van der Waals surface area contributed by atoms with Crippen LogP contribution in [0.25, 0.3) is 0 Å². The summed E-state index contributed by atoms with van der Waals surface area (Å²) in [4.78, 5) is 27.1. The molecule has 1 N–H and O–H groups in total. The van der Waals surface area contributed by atoms with E-state index >= 15 is 0 Å². The summed E-state index contributed by atoms with van der Waals surface area (Å²) >= 11 is 0. The molecule has 1 aromatic heterocycles. The Balaban J connectivity index is 1.28. The first kappa shape index (κ1) is 17.6. The Kier molecular flexibility index (Phi) is 4.85. The highest BCUT2D eigenvalue weighted by molar-refractivity contribution is 5.96. The lowest BCUT2D eigenvalue weighted by molar-refractivity contribution is -0.121. The molecule has 0 spiro atoms. The Morgan fingerprint density at radius 2 is 1.93 bits per heavy atom. The predicted octanol–water partition coefficient (Wildman–Crippen LogP) is 2.29. The SMILES string of the molecule is Cn1cccc1C(=O)CN1CCC(C(=O)Nc2ccc3c(c2)OCO3)CC1. The van der Waals surface area contributed by atoms with Gasteiger partial charge in [-0.2, -0.15) is 0 Å². The molecule has 4 rings (SSSR count). The molecule has 27 heavy (non-hydrogen) atoms. The average Bonchev–Trinajstić information content (AvgIpc) is 3.30. The monoisotopic (exact) mass is 369 g/mol. The molecule has 7 nitrogen and oxygen atoms in total. The molecule has 0 atom stereocenters. The van der Waals surface area contributed by atoms with Crippen LogP contribution in [0.4, 0.5) is 5.69 Å². The van der Waals surface area contributed by atoms with Gasteiger partial charge in [0.1, 0.15) is 0 Å². The first-order chi connectivity index (χ1) is 13.1. The molecule has 2 aliphatic rings. The van der Waals surface area contributed by atoms with E-state index in [0.717, 1.165) is 31.6 Å². The molecular weight excluding hydrogens is 346 g/mol. The van der Waals surface area contributed by atoms with Gasteiger partial charge >= 0.3 is 0 Å². The van der Waals surface area contributed by atoms with Crippen molar-refractivity contribution in [2.75, 3.05) is 31.7 Å². The van der Waals surface area contributed by atoms with Crippen molar-refractivity contribution in [3.8, 4) is 11.5 Å². The molecule has 7 heteroatoms. The fourth-order valence-corrected chi connectivity index (χ4v) is 3.61. The summed E-state index contributed by atoms with van der Waals surface area (Å²) in [7, 11) is 1.87. The molecular formula is C20H23N3O4. The molecule has 0 unspecified atom stereocenters. The number of aryl methyl sites for hydroxylation is 1. The number of amides is 1. The third-order valence-corrected chi connectivity index (χ3v) is 5.20. The van der Waals surface area contributed by atoms with Crippen molar-refractivity contribution in [2.24, 2.45) is 13.0 Å². The van der Waals surface area contributed by atoms with Crippen molar-refractivity contribution in [3.05, 3.63) is 42.2 Å². The van der Waals surface area contributed by atoms with Crippen molar-refractivity contribution in [1.82, 2.24) is 9.47 Å². The predicted molar refractivity (Wildman–Crippen MR) is 100 cm³/mol. The van der Waals surface area contributed by atoms with E-state index in [9.17, 15) is 9.59 Å². The third kappa shape index (κ3) is 3.83. The molecule has 1 amide bonds. The number of carbonyl (C=O) groups is 2. The molecule has 1 fully saturated rings. The van der Waals surface area contributed by atoms with E-state index < -0.39 is 0 Å². The van der Waals surface area contributed by atoms with Crippen molar-refractivity contribution in [1.29, 1.82) is 0 Å². The van der Waals surface area contributed by atoms with Crippen LogP contribution in [0.3, 0.4) is 0 Å². The van der Waals surface area contributed by atoms with Gasteiger partial charge in [0, 0.05) is 30.9 Å². The van der Waals surface area contributed by atoms with Crippen LogP contribution in [0.5, 0.6) is 11.5 Å². The van der Waals surface area contributed by atoms with Crippen LogP contribution < -0.4 is 14.8 Å². The smallest absolute Gasteiger partial charge is 0.231 e. The van der Waals surface area contributed by atoms with Crippen LogP contribution in [-0.4, -0.2) is 47.6 Å². The van der Waals surface area contributed by atoms with Gasteiger partial charge in [0.2, 0.25) is 12.7 Å². The summed E-state index contributed by atoms with van der Waals surface area (Å²) in [6.45, 7) is 2.10. The quantitative estimate of drug-likeness (QED) is 0.819. The van der Waals surface area contributed by atoms with E-state index in [1.165, 1.54) is 0 Å². The number of carbonyl (C=O) groups excluding carboxylic acids is 2. The molecule has 0 bridgehead atoms. The third-order valence-electron chi connectivity index (χ3n) is 5.20. The zero-order valence-electron chi connectivity index (χ0n) is 15.3. The lowest BCUT2D eigenvalue weighted by Gasteiger charge is -2.30. The molecule has 142 valence electrons. The van der Waals surface area contributed by atoms with Gasteiger partial charge in [-0.25, -0.2) is 0 Å². The Morgan fingerprint density at radius 3 is 2.67 bits per heavy atom. The van der Waals surface area contributed by atoms with Gasteiger partial charge < -0.3 is 19.4 Å². The minimum absolute atomic E-state index is 0.0160. The van der Waals surface area contributed by atoms with Gasteiger partial charge in [0.05, 0.1) is 12.2 Å². The lowest BCUT2D eigenvalue weighted by atomic mass is 9.95. The number of nitrogens with one attached hydrogen (secondary N) is 1.